The van der Waals surface area contributed by atoms with E-state index in [0.717, 1.165) is 22.2 Å². The fourth-order valence-electron chi connectivity index (χ4n) is 4.78. The Hall–Kier alpha value is -4.27. The number of fused-ring (bicyclic) bond motifs is 1. The molecule has 0 radical (unpaired) electrons. The van der Waals surface area contributed by atoms with E-state index in [1.807, 2.05) is 65.6 Å². The van der Waals surface area contributed by atoms with E-state index in [2.05, 4.69) is 5.10 Å². The number of nitro benzene ring substituents is 1. The largest absolute Gasteiger partial charge is 0.362 e. The highest BCUT2D eigenvalue weighted by molar-refractivity contribution is 6.06. The Labute approximate surface area is 209 Å². The van der Waals surface area contributed by atoms with Gasteiger partial charge in [0.1, 0.15) is 5.69 Å². The van der Waals surface area contributed by atoms with Crippen molar-refractivity contribution < 1.29 is 9.72 Å². The van der Waals surface area contributed by atoms with Gasteiger partial charge < -0.3 is 9.80 Å². The second kappa shape index (κ2) is 9.41. The average molecular weight is 485 g/mol. The minimum atomic E-state index is -0.361. The number of rotatable bonds is 5. The molecular formula is C27H28N6O3. The van der Waals surface area contributed by atoms with Crippen LogP contribution in [0.15, 0.2) is 60.8 Å². The van der Waals surface area contributed by atoms with Crippen molar-refractivity contribution in [2.24, 2.45) is 0 Å². The topological polar surface area (TPSA) is 97.4 Å². The zero-order valence-corrected chi connectivity index (χ0v) is 20.6. The zero-order valence-electron chi connectivity index (χ0n) is 20.6. The van der Waals surface area contributed by atoms with Gasteiger partial charge in [-0.1, -0.05) is 36.4 Å². The van der Waals surface area contributed by atoms with E-state index < -0.39 is 0 Å². The molecule has 2 aromatic heterocycles. The molecule has 0 bridgehead atoms. The maximum absolute atomic E-state index is 13.8. The molecule has 184 valence electrons. The molecule has 3 heterocycles. The lowest BCUT2D eigenvalue weighted by molar-refractivity contribution is -0.384. The Kier molecular flexibility index (Phi) is 6.13. The number of nitrogens with zero attached hydrogens (tertiary/aromatic N) is 6. The van der Waals surface area contributed by atoms with E-state index >= 15 is 0 Å². The van der Waals surface area contributed by atoms with Crippen LogP contribution in [0.2, 0.25) is 0 Å². The van der Waals surface area contributed by atoms with Gasteiger partial charge in [-0.05, 0) is 38.5 Å². The Morgan fingerprint density at radius 1 is 1.03 bits per heavy atom. The molecule has 0 unspecified atom stereocenters. The van der Waals surface area contributed by atoms with Crippen LogP contribution in [-0.4, -0.2) is 56.7 Å². The van der Waals surface area contributed by atoms with Gasteiger partial charge in [0.2, 0.25) is 0 Å². The number of carbonyl (C=O) groups is 1. The Bertz CT molecular complexity index is 1450. The molecule has 9 heteroatoms. The summed E-state index contributed by atoms with van der Waals surface area (Å²) in [6.07, 6.45) is 1.72. The number of aromatic nitrogens is 3. The number of anilines is 1. The lowest BCUT2D eigenvalue weighted by Crippen LogP contribution is -2.49. The molecule has 0 saturated carbocycles. The van der Waals surface area contributed by atoms with E-state index in [9.17, 15) is 14.9 Å². The third kappa shape index (κ3) is 4.17. The molecule has 5 rings (SSSR count). The van der Waals surface area contributed by atoms with Gasteiger partial charge in [-0.25, -0.2) is 9.67 Å². The summed E-state index contributed by atoms with van der Waals surface area (Å²) < 4.78 is 1.85. The van der Waals surface area contributed by atoms with Gasteiger partial charge in [0.25, 0.3) is 11.6 Å². The fourth-order valence-corrected chi connectivity index (χ4v) is 4.78. The number of hydrogen-bond acceptors (Lipinski definition) is 6. The predicted octanol–water partition coefficient (Wildman–Crippen LogP) is 4.86. The summed E-state index contributed by atoms with van der Waals surface area (Å²) in [5.41, 5.74) is 4.72. The fraction of sp³-hybridized carbons (Fsp3) is 0.296. The number of para-hydroxylation sites is 2. The van der Waals surface area contributed by atoms with Crippen molar-refractivity contribution in [1.29, 1.82) is 0 Å². The monoisotopic (exact) mass is 484 g/mol. The molecular weight excluding hydrogens is 456 g/mol. The van der Waals surface area contributed by atoms with Crippen LogP contribution < -0.4 is 4.90 Å². The van der Waals surface area contributed by atoms with E-state index in [0.29, 0.717) is 43.1 Å². The molecule has 4 aromatic rings. The van der Waals surface area contributed by atoms with Crippen LogP contribution in [0.1, 0.15) is 35.8 Å². The van der Waals surface area contributed by atoms with E-state index in [4.69, 9.17) is 4.98 Å². The number of hydrogen-bond donors (Lipinski definition) is 0. The standard InChI is InChI=1S/C27H28N6O3/c1-18(2)32-26-22(17-28-32)21(16-23(29-26)20-9-5-4-8-19(20)3)27(34)31-14-12-30(13-15-31)24-10-6-7-11-25(24)33(35)36/h4-11,16-18H,12-15H2,1-3H3. The highest BCUT2D eigenvalue weighted by atomic mass is 16.6. The van der Waals surface area contributed by atoms with Gasteiger partial charge in [-0.2, -0.15) is 5.10 Å². The molecule has 1 fully saturated rings. The summed E-state index contributed by atoms with van der Waals surface area (Å²) in [5.74, 6) is -0.0808. The number of aryl methyl sites for hydroxylation is 1. The van der Waals surface area contributed by atoms with Crippen LogP contribution in [0, 0.1) is 17.0 Å². The summed E-state index contributed by atoms with van der Waals surface area (Å²) >= 11 is 0. The van der Waals surface area contributed by atoms with Crippen LogP contribution in [0.25, 0.3) is 22.3 Å². The summed E-state index contributed by atoms with van der Waals surface area (Å²) in [6, 6.07) is 16.7. The average Bonchev–Trinajstić information content (AvgIpc) is 3.32. The highest BCUT2D eigenvalue weighted by Gasteiger charge is 2.28. The molecule has 2 aromatic carbocycles. The molecule has 1 amide bonds. The highest BCUT2D eigenvalue weighted by Crippen LogP contribution is 2.31. The summed E-state index contributed by atoms with van der Waals surface area (Å²) in [5, 5.41) is 16.7. The molecule has 1 aliphatic heterocycles. The zero-order chi connectivity index (χ0) is 25.4. The molecule has 1 aliphatic rings. The first-order valence-corrected chi connectivity index (χ1v) is 12.1. The molecule has 1 saturated heterocycles. The van der Waals surface area contributed by atoms with Gasteiger partial charge in [-0.15, -0.1) is 0 Å². The minimum absolute atomic E-state index is 0.0806. The number of amides is 1. The predicted molar refractivity (Wildman–Crippen MR) is 139 cm³/mol. The molecule has 0 atom stereocenters. The minimum Gasteiger partial charge on any atom is -0.362 e. The quantitative estimate of drug-likeness (QED) is 0.296. The van der Waals surface area contributed by atoms with Gasteiger partial charge in [0, 0.05) is 43.9 Å². The lowest BCUT2D eigenvalue weighted by atomic mass is 10.0. The van der Waals surface area contributed by atoms with Crippen LogP contribution in [0.3, 0.4) is 0 Å². The van der Waals surface area contributed by atoms with E-state index in [-0.39, 0.29) is 22.6 Å². The van der Waals surface area contributed by atoms with Gasteiger partial charge in [0.05, 0.1) is 27.8 Å². The number of piperazine rings is 1. The van der Waals surface area contributed by atoms with Crippen molar-refractivity contribution in [3.63, 3.8) is 0 Å². The van der Waals surface area contributed by atoms with Crippen LogP contribution in [-0.2, 0) is 0 Å². The van der Waals surface area contributed by atoms with Crippen LogP contribution in [0.4, 0.5) is 11.4 Å². The number of pyridine rings is 1. The summed E-state index contributed by atoms with van der Waals surface area (Å²) in [7, 11) is 0. The maximum atomic E-state index is 13.8. The first-order valence-electron chi connectivity index (χ1n) is 12.1. The van der Waals surface area contributed by atoms with Gasteiger partial charge >= 0.3 is 0 Å². The first-order chi connectivity index (χ1) is 17.3. The van der Waals surface area contributed by atoms with Crippen LogP contribution >= 0.6 is 0 Å². The van der Waals surface area contributed by atoms with Crippen molar-refractivity contribution in [2.75, 3.05) is 31.1 Å². The molecule has 36 heavy (non-hydrogen) atoms. The van der Waals surface area contributed by atoms with Crippen molar-refractivity contribution in [2.45, 2.75) is 26.8 Å². The number of carbonyl (C=O) groups excluding carboxylic acids is 1. The smallest absolute Gasteiger partial charge is 0.292 e. The Morgan fingerprint density at radius 3 is 2.42 bits per heavy atom. The SMILES string of the molecule is Cc1ccccc1-c1cc(C(=O)N2CCN(c3ccccc3[N+](=O)[O-])CC2)c2cnn(C(C)C)c2n1. The molecule has 9 nitrogen and oxygen atoms in total. The second-order valence-corrected chi connectivity index (χ2v) is 9.32. The molecule has 0 N–H and O–H groups in total. The summed E-state index contributed by atoms with van der Waals surface area (Å²) in [6.45, 7) is 8.07. The Morgan fingerprint density at radius 2 is 1.72 bits per heavy atom. The van der Waals surface area contributed by atoms with E-state index in [1.54, 1.807) is 24.4 Å². The van der Waals surface area contributed by atoms with Gasteiger partial charge in [0.15, 0.2) is 5.65 Å². The van der Waals surface area contributed by atoms with Crippen molar-refractivity contribution in [1.82, 2.24) is 19.7 Å². The van der Waals surface area contributed by atoms with Crippen molar-refractivity contribution >= 4 is 28.3 Å². The third-order valence-electron chi connectivity index (χ3n) is 6.69. The van der Waals surface area contributed by atoms with E-state index in [1.165, 1.54) is 6.07 Å². The number of benzene rings is 2. The number of nitro groups is 1. The lowest BCUT2D eigenvalue weighted by Gasteiger charge is -2.36. The third-order valence-corrected chi connectivity index (χ3v) is 6.69. The normalized spacial score (nSPS) is 14.0. The maximum Gasteiger partial charge on any atom is 0.292 e. The van der Waals surface area contributed by atoms with Crippen LogP contribution in [0.5, 0.6) is 0 Å². The molecule has 0 spiro atoms. The first kappa shape index (κ1) is 23.5. The molecule has 0 aliphatic carbocycles. The second-order valence-electron chi connectivity index (χ2n) is 9.32. The van der Waals surface area contributed by atoms with Crippen molar-refractivity contribution in [3.8, 4) is 11.3 Å². The summed E-state index contributed by atoms with van der Waals surface area (Å²) in [4.78, 5) is 33.6. The Balaban J connectivity index is 1.48. The van der Waals surface area contributed by atoms with Gasteiger partial charge in [-0.3, -0.25) is 14.9 Å². The van der Waals surface area contributed by atoms with Crippen molar-refractivity contribution in [3.05, 3.63) is 82.0 Å².